The zero-order chi connectivity index (χ0) is 16.0. The number of amides is 1. The van der Waals surface area contributed by atoms with Crippen LogP contribution in [-0.2, 0) is 4.79 Å². The molecule has 0 radical (unpaired) electrons. The molecule has 1 aromatic carbocycles. The molecule has 1 unspecified atom stereocenters. The van der Waals surface area contributed by atoms with Crippen molar-refractivity contribution in [2.45, 2.75) is 59.0 Å². The lowest BCUT2D eigenvalue weighted by molar-refractivity contribution is -0.120. The standard InChI is InChI=1S/C17H28N2O2/c1-11(2)14-7-6-13(5)16(10-14)21-9-8-15(17(18)20)19-12(3)4/h6-7,10-12,15,19H,8-9H2,1-5H3,(H2,18,20). The van der Waals surface area contributed by atoms with Crippen molar-refractivity contribution in [3.8, 4) is 5.75 Å². The van der Waals surface area contributed by atoms with Gasteiger partial charge >= 0.3 is 0 Å². The average molecular weight is 292 g/mol. The number of aryl methyl sites for hydroxylation is 1. The molecule has 0 aromatic heterocycles. The van der Waals surface area contributed by atoms with E-state index in [-0.39, 0.29) is 18.0 Å². The molecule has 0 bridgehead atoms. The predicted octanol–water partition coefficient (Wildman–Crippen LogP) is 2.74. The van der Waals surface area contributed by atoms with Crippen LogP contribution >= 0.6 is 0 Å². The summed E-state index contributed by atoms with van der Waals surface area (Å²) in [5.41, 5.74) is 7.76. The van der Waals surface area contributed by atoms with Crippen LogP contribution in [0.15, 0.2) is 18.2 Å². The summed E-state index contributed by atoms with van der Waals surface area (Å²) in [5, 5.41) is 3.16. The molecule has 0 aliphatic rings. The maximum atomic E-state index is 11.4. The number of nitrogens with one attached hydrogen (secondary N) is 1. The number of benzene rings is 1. The minimum absolute atomic E-state index is 0.216. The summed E-state index contributed by atoms with van der Waals surface area (Å²) in [4.78, 5) is 11.4. The van der Waals surface area contributed by atoms with Crippen molar-refractivity contribution >= 4 is 5.91 Å². The van der Waals surface area contributed by atoms with E-state index in [4.69, 9.17) is 10.5 Å². The molecule has 0 spiro atoms. The Bertz CT molecular complexity index is 470. The van der Waals surface area contributed by atoms with E-state index in [1.54, 1.807) is 0 Å². The number of carbonyl (C=O) groups excluding carboxylic acids is 1. The van der Waals surface area contributed by atoms with Crippen molar-refractivity contribution in [1.29, 1.82) is 0 Å². The fourth-order valence-electron chi connectivity index (χ4n) is 2.13. The van der Waals surface area contributed by atoms with Crippen LogP contribution in [0.5, 0.6) is 5.75 Å². The SMILES string of the molecule is Cc1ccc(C(C)C)cc1OCCC(NC(C)C)C(N)=O. The van der Waals surface area contributed by atoms with Gasteiger partial charge in [-0.15, -0.1) is 0 Å². The largest absolute Gasteiger partial charge is 0.493 e. The number of hydrogen-bond donors (Lipinski definition) is 2. The van der Waals surface area contributed by atoms with Gasteiger partial charge < -0.3 is 15.8 Å². The minimum Gasteiger partial charge on any atom is -0.493 e. The zero-order valence-electron chi connectivity index (χ0n) is 13.8. The lowest BCUT2D eigenvalue weighted by Crippen LogP contribution is -2.45. The summed E-state index contributed by atoms with van der Waals surface area (Å²) in [5.74, 6) is 1.02. The molecule has 1 aromatic rings. The van der Waals surface area contributed by atoms with Crippen molar-refractivity contribution in [1.82, 2.24) is 5.32 Å². The first-order valence-corrected chi connectivity index (χ1v) is 7.60. The second-order valence-corrected chi connectivity index (χ2v) is 6.09. The third-order valence-corrected chi connectivity index (χ3v) is 3.42. The highest BCUT2D eigenvalue weighted by Gasteiger charge is 2.16. The number of carbonyl (C=O) groups is 1. The van der Waals surface area contributed by atoms with Crippen molar-refractivity contribution in [2.75, 3.05) is 6.61 Å². The number of hydrogen-bond acceptors (Lipinski definition) is 3. The van der Waals surface area contributed by atoms with Crippen LogP contribution in [0.4, 0.5) is 0 Å². The number of rotatable bonds is 8. The normalized spacial score (nSPS) is 12.7. The zero-order valence-corrected chi connectivity index (χ0v) is 13.8. The first-order chi connectivity index (χ1) is 9.81. The van der Waals surface area contributed by atoms with Crippen molar-refractivity contribution < 1.29 is 9.53 Å². The van der Waals surface area contributed by atoms with E-state index in [1.807, 2.05) is 20.8 Å². The van der Waals surface area contributed by atoms with Crippen LogP contribution in [0.2, 0.25) is 0 Å². The summed E-state index contributed by atoms with van der Waals surface area (Å²) in [6.45, 7) is 10.8. The summed E-state index contributed by atoms with van der Waals surface area (Å²) in [7, 11) is 0. The van der Waals surface area contributed by atoms with Gasteiger partial charge in [0.2, 0.25) is 5.91 Å². The molecule has 0 aliphatic carbocycles. The topological polar surface area (TPSA) is 64.3 Å². The highest BCUT2D eigenvalue weighted by Crippen LogP contribution is 2.24. The second kappa shape index (κ2) is 8.03. The molecule has 1 rings (SSSR count). The van der Waals surface area contributed by atoms with E-state index in [1.165, 1.54) is 5.56 Å². The molecular formula is C17H28N2O2. The Morgan fingerprint density at radius 3 is 2.48 bits per heavy atom. The molecule has 0 aliphatic heterocycles. The molecular weight excluding hydrogens is 264 g/mol. The molecule has 21 heavy (non-hydrogen) atoms. The molecule has 4 nitrogen and oxygen atoms in total. The van der Waals surface area contributed by atoms with Gasteiger partial charge in [-0.3, -0.25) is 4.79 Å². The second-order valence-electron chi connectivity index (χ2n) is 6.09. The number of ether oxygens (including phenoxy) is 1. The van der Waals surface area contributed by atoms with E-state index >= 15 is 0 Å². The number of primary amides is 1. The molecule has 3 N–H and O–H groups in total. The molecule has 0 saturated heterocycles. The summed E-state index contributed by atoms with van der Waals surface area (Å²) in [6, 6.07) is 6.14. The van der Waals surface area contributed by atoms with E-state index in [0.717, 1.165) is 11.3 Å². The lowest BCUT2D eigenvalue weighted by atomic mass is 10.0. The molecule has 0 saturated carbocycles. The third-order valence-electron chi connectivity index (χ3n) is 3.42. The highest BCUT2D eigenvalue weighted by molar-refractivity contribution is 5.79. The maximum absolute atomic E-state index is 11.4. The summed E-state index contributed by atoms with van der Waals surface area (Å²) < 4.78 is 5.84. The Kier molecular flexibility index (Phi) is 6.69. The van der Waals surface area contributed by atoms with E-state index in [2.05, 4.69) is 37.4 Å². The van der Waals surface area contributed by atoms with Crippen LogP contribution in [0, 0.1) is 6.92 Å². The van der Waals surface area contributed by atoms with Gasteiger partial charge in [-0.25, -0.2) is 0 Å². The van der Waals surface area contributed by atoms with Crippen molar-refractivity contribution in [3.05, 3.63) is 29.3 Å². The van der Waals surface area contributed by atoms with Gasteiger partial charge in [0.05, 0.1) is 12.6 Å². The number of nitrogens with two attached hydrogens (primary N) is 1. The van der Waals surface area contributed by atoms with Gasteiger partial charge in [-0.1, -0.05) is 39.8 Å². The smallest absolute Gasteiger partial charge is 0.234 e. The van der Waals surface area contributed by atoms with Gasteiger partial charge in [-0.2, -0.15) is 0 Å². The van der Waals surface area contributed by atoms with E-state index < -0.39 is 0 Å². The van der Waals surface area contributed by atoms with Crippen molar-refractivity contribution in [3.63, 3.8) is 0 Å². The Labute approximate surface area is 128 Å². The Morgan fingerprint density at radius 2 is 1.95 bits per heavy atom. The maximum Gasteiger partial charge on any atom is 0.234 e. The van der Waals surface area contributed by atoms with Gasteiger partial charge in [0, 0.05) is 12.5 Å². The third kappa shape index (κ3) is 5.76. The fraction of sp³-hybridized carbons (Fsp3) is 0.588. The Hall–Kier alpha value is -1.55. The lowest BCUT2D eigenvalue weighted by Gasteiger charge is -2.19. The minimum atomic E-state index is -0.349. The monoisotopic (exact) mass is 292 g/mol. The average Bonchev–Trinajstić information content (AvgIpc) is 2.38. The van der Waals surface area contributed by atoms with Crippen LogP contribution in [0.1, 0.15) is 51.2 Å². The van der Waals surface area contributed by atoms with Crippen LogP contribution < -0.4 is 15.8 Å². The molecule has 0 heterocycles. The van der Waals surface area contributed by atoms with Gasteiger partial charge in [0.15, 0.2) is 0 Å². The first-order valence-electron chi connectivity index (χ1n) is 7.60. The van der Waals surface area contributed by atoms with Crippen LogP contribution in [0.25, 0.3) is 0 Å². The molecule has 4 heteroatoms. The highest BCUT2D eigenvalue weighted by atomic mass is 16.5. The summed E-state index contributed by atoms with van der Waals surface area (Å²) in [6.07, 6.45) is 0.568. The fourth-order valence-corrected chi connectivity index (χ4v) is 2.13. The van der Waals surface area contributed by atoms with Gasteiger partial charge in [0.1, 0.15) is 5.75 Å². The molecule has 0 fully saturated rings. The Balaban J connectivity index is 2.62. The molecule has 1 amide bonds. The quantitative estimate of drug-likeness (QED) is 0.774. The Morgan fingerprint density at radius 1 is 1.29 bits per heavy atom. The molecule has 1 atom stereocenters. The van der Waals surface area contributed by atoms with Gasteiger partial charge in [-0.05, 0) is 30.0 Å². The molecule has 118 valence electrons. The summed E-state index contributed by atoms with van der Waals surface area (Å²) >= 11 is 0. The first kappa shape index (κ1) is 17.5. The van der Waals surface area contributed by atoms with Gasteiger partial charge in [0.25, 0.3) is 0 Å². The predicted molar refractivity (Wildman–Crippen MR) is 86.6 cm³/mol. The van der Waals surface area contributed by atoms with Crippen LogP contribution in [-0.4, -0.2) is 24.6 Å². The van der Waals surface area contributed by atoms with Crippen molar-refractivity contribution in [2.24, 2.45) is 5.73 Å². The van der Waals surface area contributed by atoms with Crippen LogP contribution in [0.3, 0.4) is 0 Å². The van der Waals surface area contributed by atoms with E-state index in [9.17, 15) is 4.79 Å². The van der Waals surface area contributed by atoms with E-state index in [0.29, 0.717) is 18.9 Å².